The highest BCUT2D eigenvalue weighted by atomic mass is 35.5. The van der Waals surface area contributed by atoms with Crippen LogP contribution < -0.4 is 5.32 Å². The van der Waals surface area contributed by atoms with E-state index in [0.29, 0.717) is 5.02 Å². The second kappa shape index (κ2) is 5.98. The number of phenolic OH excluding ortho intramolecular Hbond substituents is 1. The first kappa shape index (κ1) is 13.8. The van der Waals surface area contributed by atoms with Crippen molar-refractivity contribution in [1.82, 2.24) is 0 Å². The molecule has 3 heteroatoms. The molecule has 2 aromatic rings. The minimum absolute atomic E-state index is 0.107. The molecule has 0 aliphatic rings. The van der Waals surface area contributed by atoms with Gasteiger partial charge in [-0.05, 0) is 37.1 Å². The van der Waals surface area contributed by atoms with E-state index < -0.39 is 0 Å². The number of hydrogen-bond donors (Lipinski definition) is 2. The molecule has 2 nitrogen and oxygen atoms in total. The van der Waals surface area contributed by atoms with Crippen LogP contribution in [0.3, 0.4) is 0 Å². The molecule has 0 bridgehead atoms. The van der Waals surface area contributed by atoms with Gasteiger partial charge in [0.2, 0.25) is 0 Å². The third kappa shape index (κ3) is 3.42. The Bertz CT molecular complexity index is 551. The molecule has 0 aliphatic carbocycles. The number of nitrogens with one attached hydrogen (secondary N) is 1. The monoisotopic (exact) mass is 275 g/mol. The Morgan fingerprint density at radius 3 is 2.42 bits per heavy atom. The van der Waals surface area contributed by atoms with E-state index >= 15 is 0 Å². The molecule has 0 spiro atoms. The number of hydrogen-bond acceptors (Lipinski definition) is 2. The number of aromatic hydroxyl groups is 1. The van der Waals surface area contributed by atoms with E-state index in [1.165, 1.54) is 11.1 Å². The summed E-state index contributed by atoms with van der Waals surface area (Å²) in [5.41, 5.74) is 3.42. The number of anilines is 1. The van der Waals surface area contributed by atoms with Crippen LogP contribution in [0.1, 0.15) is 30.5 Å². The van der Waals surface area contributed by atoms with Crippen LogP contribution in [-0.4, -0.2) is 5.11 Å². The van der Waals surface area contributed by atoms with Gasteiger partial charge in [0.15, 0.2) is 0 Å². The number of phenols is 1. The molecule has 0 saturated heterocycles. The minimum Gasteiger partial charge on any atom is -0.506 e. The van der Waals surface area contributed by atoms with Gasteiger partial charge in [0.25, 0.3) is 0 Å². The fourth-order valence-electron chi connectivity index (χ4n) is 2.02. The maximum atomic E-state index is 9.42. The van der Waals surface area contributed by atoms with Gasteiger partial charge in [-0.25, -0.2) is 0 Å². The van der Waals surface area contributed by atoms with Crippen LogP contribution in [0, 0.1) is 6.92 Å². The topological polar surface area (TPSA) is 32.3 Å². The van der Waals surface area contributed by atoms with Crippen molar-refractivity contribution in [3.63, 3.8) is 0 Å². The molecule has 0 aromatic heterocycles. The predicted octanol–water partition coefficient (Wildman–Crippen LogP) is 4.92. The zero-order chi connectivity index (χ0) is 13.8. The van der Waals surface area contributed by atoms with E-state index in [1.54, 1.807) is 12.1 Å². The van der Waals surface area contributed by atoms with Crippen LogP contribution in [0.2, 0.25) is 5.02 Å². The van der Waals surface area contributed by atoms with E-state index in [9.17, 15) is 5.11 Å². The third-order valence-electron chi connectivity index (χ3n) is 3.18. The highest BCUT2D eigenvalue weighted by molar-refractivity contribution is 6.32. The normalized spacial score (nSPS) is 12.2. The first-order chi connectivity index (χ1) is 9.10. The average molecular weight is 276 g/mol. The summed E-state index contributed by atoms with van der Waals surface area (Å²) >= 11 is 5.92. The van der Waals surface area contributed by atoms with E-state index in [-0.39, 0.29) is 11.8 Å². The Kier molecular flexibility index (Phi) is 4.33. The van der Waals surface area contributed by atoms with Crippen molar-refractivity contribution in [2.45, 2.75) is 26.3 Å². The Morgan fingerprint density at radius 2 is 1.84 bits per heavy atom. The van der Waals surface area contributed by atoms with Crippen molar-refractivity contribution in [1.29, 1.82) is 0 Å². The third-order valence-corrected chi connectivity index (χ3v) is 3.48. The van der Waals surface area contributed by atoms with E-state index in [1.807, 2.05) is 6.07 Å². The summed E-state index contributed by atoms with van der Waals surface area (Å²) in [5, 5.41) is 13.2. The average Bonchev–Trinajstić information content (AvgIpc) is 2.41. The van der Waals surface area contributed by atoms with Crippen LogP contribution in [0.5, 0.6) is 5.75 Å². The lowest BCUT2D eigenvalue weighted by atomic mass is 10.0. The summed E-state index contributed by atoms with van der Waals surface area (Å²) in [6, 6.07) is 13.9. The highest BCUT2D eigenvalue weighted by Gasteiger charge is 2.09. The highest BCUT2D eigenvalue weighted by Crippen LogP contribution is 2.29. The summed E-state index contributed by atoms with van der Waals surface area (Å²) in [7, 11) is 0. The molecular formula is C16H18ClNO. The van der Waals surface area contributed by atoms with Crippen molar-refractivity contribution in [3.8, 4) is 5.75 Å². The van der Waals surface area contributed by atoms with Crippen molar-refractivity contribution < 1.29 is 5.11 Å². The fraction of sp³-hybridized carbons (Fsp3) is 0.250. The lowest BCUT2D eigenvalue weighted by Gasteiger charge is -2.19. The molecule has 0 aliphatic heterocycles. The summed E-state index contributed by atoms with van der Waals surface area (Å²) in [5.74, 6) is 0.107. The van der Waals surface area contributed by atoms with Gasteiger partial charge in [0.1, 0.15) is 5.75 Å². The maximum Gasteiger partial charge on any atom is 0.134 e. The summed E-state index contributed by atoms with van der Waals surface area (Å²) in [6.45, 7) is 4.22. The molecule has 1 atom stereocenters. The number of halogens is 1. The van der Waals surface area contributed by atoms with Gasteiger partial charge in [-0.3, -0.25) is 0 Å². The van der Waals surface area contributed by atoms with Gasteiger partial charge in [0.05, 0.1) is 11.1 Å². The van der Waals surface area contributed by atoms with Crippen molar-refractivity contribution in [2.75, 3.05) is 5.32 Å². The first-order valence-corrected chi connectivity index (χ1v) is 6.79. The predicted molar refractivity (Wildman–Crippen MR) is 81.0 cm³/mol. The molecule has 0 amide bonds. The Labute approximate surface area is 119 Å². The Hall–Kier alpha value is -1.67. The molecule has 2 rings (SSSR count). The van der Waals surface area contributed by atoms with Crippen molar-refractivity contribution >= 4 is 17.3 Å². The van der Waals surface area contributed by atoms with Gasteiger partial charge >= 0.3 is 0 Å². The standard InChI is InChI=1S/C16H18ClNO/c1-3-15(12-6-4-11(2)5-7-12)18-13-8-9-16(19)14(17)10-13/h4-10,15,18-19H,3H2,1-2H3. The van der Waals surface area contributed by atoms with Gasteiger partial charge < -0.3 is 10.4 Å². The van der Waals surface area contributed by atoms with Gasteiger partial charge in [0, 0.05) is 5.69 Å². The minimum atomic E-state index is 0.107. The lowest BCUT2D eigenvalue weighted by molar-refractivity contribution is 0.475. The van der Waals surface area contributed by atoms with Gasteiger partial charge in [-0.2, -0.15) is 0 Å². The molecule has 0 saturated carbocycles. The van der Waals surface area contributed by atoms with Crippen LogP contribution >= 0.6 is 11.6 Å². The summed E-state index contributed by atoms with van der Waals surface area (Å²) in [6.07, 6.45) is 0.974. The molecule has 19 heavy (non-hydrogen) atoms. The summed E-state index contributed by atoms with van der Waals surface area (Å²) in [4.78, 5) is 0. The Balaban J connectivity index is 2.18. The molecule has 0 fully saturated rings. The molecule has 0 heterocycles. The molecule has 2 N–H and O–H groups in total. The number of aryl methyl sites for hydroxylation is 1. The zero-order valence-electron chi connectivity index (χ0n) is 11.2. The fourth-order valence-corrected chi connectivity index (χ4v) is 2.20. The zero-order valence-corrected chi connectivity index (χ0v) is 11.9. The number of benzene rings is 2. The second-order valence-corrected chi connectivity index (χ2v) is 5.09. The summed E-state index contributed by atoms with van der Waals surface area (Å²) < 4.78 is 0. The number of rotatable bonds is 4. The SMILES string of the molecule is CCC(Nc1ccc(O)c(Cl)c1)c1ccc(C)cc1. The van der Waals surface area contributed by atoms with E-state index in [2.05, 4.69) is 43.4 Å². The van der Waals surface area contributed by atoms with Crippen LogP contribution in [0.25, 0.3) is 0 Å². The molecular weight excluding hydrogens is 258 g/mol. The molecule has 100 valence electrons. The second-order valence-electron chi connectivity index (χ2n) is 4.68. The van der Waals surface area contributed by atoms with Crippen molar-refractivity contribution in [3.05, 3.63) is 58.6 Å². The molecule has 0 radical (unpaired) electrons. The first-order valence-electron chi connectivity index (χ1n) is 6.41. The molecule has 2 aromatic carbocycles. The van der Waals surface area contributed by atoms with E-state index in [4.69, 9.17) is 11.6 Å². The van der Waals surface area contributed by atoms with Crippen LogP contribution in [-0.2, 0) is 0 Å². The maximum absolute atomic E-state index is 9.42. The lowest BCUT2D eigenvalue weighted by Crippen LogP contribution is -2.09. The van der Waals surface area contributed by atoms with Crippen LogP contribution in [0.4, 0.5) is 5.69 Å². The molecule has 1 unspecified atom stereocenters. The largest absolute Gasteiger partial charge is 0.506 e. The van der Waals surface area contributed by atoms with Gasteiger partial charge in [-0.15, -0.1) is 0 Å². The van der Waals surface area contributed by atoms with E-state index in [0.717, 1.165) is 12.1 Å². The Morgan fingerprint density at radius 1 is 1.16 bits per heavy atom. The smallest absolute Gasteiger partial charge is 0.134 e. The van der Waals surface area contributed by atoms with Crippen LogP contribution in [0.15, 0.2) is 42.5 Å². The quantitative estimate of drug-likeness (QED) is 0.777. The van der Waals surface area contributed by atoms with Gasteiger partial charge in [-0.1, -0.05) is 48.4 Å². The van der Waals surface area contributed by atoms with Crippen molar-refractivity contribution in [2.24, 2.45) is 0 Å².